The van der Waals surface area contributed by atoms with E-state index in [1.165, 1.54) is 4.90 Å². The summed E-state index contributed by atoms with van der Waals surface area (Å²) in [4.78, 5) is 27.2. The van der Waals surface area contributed by atoms with E-state index in [-0.39, 0.29) is 37.3 Å². The van der Waals surface area contributed by atoms with E-state index in [9.17, 15) is 22.8 Å². The monoisotopic (exact) mass is 350 g/mol. The van der Waals surface area contributed by atoms with Gasteiger partial charge in [0.25, 0.3) is 0 Å². The van der Waals surface area contributed by atoms with Crippen LogP contribution >= 0.6 is 0 Å². The third kappa shape index (κ3) is 5.09. The summed E-state index contributed by atoms with van der Waals surface area (Å²) in [6.07, 6.45) is -2.51. The molecule has 1 amide bonds. The van der Waals surface area contributed by atoms with Gasteiger partial charge in [-0.05, 0) is 45.7 Å². The Labute approximate surface area is 140 Å². The van der Waals surface area contributed by atoms with Crippen molar-refractivity contribution in [1.82, 2.24) is 9.80 Å². The smallest absolute Gasteiger partial charge is 0.393 e. The number of carbonyl (C=O) groups is 2. The van der Waals surface area contributed by atoms with Crippen molar-refractivity contribution in [3.63, 3.8) is 0 Å². The van der Waals surface area contributed by atoms with Crippen LogP contribution in [0.25, 0.3) is 0 Å². The second kappa shape index (κ2) is 8.18. The molecule has 8 heteroatoms. The Morgan fingerprint density at radius 2 is 1.79 bits per heavy atom. The number of halogens is 3. The Hall–Kier alpha value is -1.31. The van der Waals surface area contributed by atoms with E-state index in [4.69, 9.17) is 4.74 Å². The lowest BCUT2D eigenvalue weighted by molar-refractivity contribution is -0.188. The normalized spacial score (nSPS) is 24.0. The van der Waals surface area contributed by atoms with Crippen LogP contribution in [-0.4, -0.2) is 67.2 Å². The van der Waals surface area contributed by atoms with Crippen molar-refractivity contribution in [3.8, 4) is 0 Å². The molecule has 0 aliphatic carbocycles. The molecule has 2 aliphatic heterocycles. The van der Waals surface area contributed by atoms with Gasteiger partial charge in [0.2, 0.25) is 5.91 Å². The number of hydrogen-bond donors (Lipinski definition) is 0. The summed E-state index contributed by atoms with van der Waals surface area (Å²) in [7, 11) is 0. The van der Waals surface area contributed by atoms with E-state index in [1.54, 1.807) is 6.92 Å². The molecular weight excluding hydrogens is 325 g/mol. The van der Waals surface area contributed by atoms with Crippen molar-refractivity contribution in [3.05, 3.63) is 0 Å². The zero-order valence-electron chi connectivity index (χ0n) is 14.0. The maximum Gasteiger partial charge on any atom is 0.393 e. The molecule has 0 radical (unpaired) electrons. The number of piperidine rings is 2. The predicted octanol–water partition coefficient (Wildman–Crippen LogP) is 2.06. The molecule has 138 valence electrons. The molecule has 1 unspecified atom stereocenters. The lowest BCUT2D eigenvalue weighted by atomic mass is 9.96. The van der Waals surface area contributed by atoms with Gasteiger partial charge in [0.05, 0.1) is 25.0 Å². The summed E-state index contributed by atoms with van der Waals surface area (Å²) in [5.41, 5.74) is 0. The second-order valence-corrected chi connectivity index (χ2v) is 6.52. The standard InChI is InChI=1S/C16H25F3N2O3/c1-2-24-15(23)12-5-8-20(9-6-12)11-14(22)21-7-3-4-13(10-21)16(17,18)19/h12-13H,2-11H2,1H3. The van der Waals surface area contributed by atoms with Crippen molar-refractivity contribution in [2.45, 2.75) is 38.8 Å². The maximum absolute atomic E-state index is 12.8. The van der Waals surface area contributed by atoms with Crippen molar-refractivity contribution in [2.24, 2.45) is 11.8 Å². The van der Waals surface area contributed by atoms with Crippen LogP contribution in [0, 0.1) is 11.8 Å². The third-order valence-electron chi connectivity index (χ3n) is 4.80. The Balaban J connectivity index is 1.78. The first-order valence-corrected chi connectivity index (χ1v) is 8.54. The number of nitrogens with zero attached hydrogens (tertiary/aromatic N) is 2. The van der Waals surface area contributed by atoms with Gasteiger partial charge in [0, 0.05) is 13.1 Å². The van der Waals surface area contributed by atoms with Gasteiger partial charge in [-0.2, -0.15) is 13.2 Å². The van der Waals surface area contributed by atoms with Gasteiger partial charge in [-0.25, -0.2) is 0 Å². The highest BCUT2D eigenvalue weighted by Gasteiger charge is 2.42. The minimum absolute atomic E-state index is 0.0955. The highest BCUT2D eigenvalue weighted by atomic mass is 19.4. The minimum Gasteiger partial charge on any atom is -0.466 e. The molecule has 0 aromatic carbocycles. The molecule has 0 N–H and O–H groups in total. The summed E-state index contributed by atoms with van der Waals surface area (Å²) < 4.78 is 43.5. The summed E-state index contributed by atoms with van der Waals surface area (Å²) in [6.45, 7) is 3.58. The van der Waals surface area contributed by atoms with E-state index in [2.05, 4.69) is 0 Å². The topological polar surface area (TPSA) is 49.9 Å². The van der Waals surface area contributed by atoms with Crippen LogP contribution < -0.4 is 0 Å². The molecule has 0 saturated carbocycles. The molecule has 0 spiro atoms. The fraction of sp³-hybridized carbons (Fsp3) is 0.875. The summed E-state index contributed by atoms with van der Waals surface area (Å²) in [6, 6.07) is 0. The molecule has 2 heterocycles. The van der Waals surface area contributed by atoms with Crippen LogP contribution in [0.4, 0.5) is 13.2 Å². The van der Waals surface area contributed by atoms with Crippen LogP contribution in [0.5, 0.6) is 0 Å². The number of amides is 1. The Morgan fingerprint density at radius 3 is 2.38 bits per heavy atom. The SMILES string of the molecule is CCOC(=O)C1CCN(CC(=O)N2CCCC(C(F)(F)F)C2)CC1. The average Bonchev–Trinajstić information content (AvgIpc) is 2.55. The van der Waals surface area contributed by atoms with Gasteiger partial charge >= 0.3 is 12.1 Å². The van der Waals surface area contributed by atoms with Crippen LogP contribution in [0.15, 0.2) is 0 Å². The third-order valence-corrected chi connectivity index (χ3v) is 4.80. The first-order valence-electron chi connectivity index (χ1n) is 8.54. The Morgan fingerprint density at radius 1 is 1.12 bits per heavy atom. The number of ether oxygens (including phenoxy) is 1. The molecule has 2 rings (SSSR count). The number of hydrogen-bond acceptors (Lipinski definition) is 4. The quantitative estimate of drug-likeness (QED) is 0.729. The fourth-order valence-electron chi connectivity index (χ4n) is 3.35. The van der Waals surface area contributed by atoms with Crippen LogP contribution in [0.2, 0.25) is 0 Å². The number of likely N-dealkylation sites (tertiary alicyclic amines) is 2. The van der Waals surface area contributed by atoms with Gasteiger partial charge in [-0.1, -0.05) is 0 Å². The van der Waals surface area contributed by atoms with E-state index in [1.807, 2.05) is 4.90 Å². The summed E-state index contributed by atoms with van der Waals surface area (Å²) in [5.74, 6) is -2.00. The first-order chi connectivity index (χ1) is 11.3. The van der Waals surface area contributed by atoms with E-state index >= 15 is 0 Å². The molecule has 0 aromatic heterocycles. The van der Waals surface area contributed by atoms with E-state index < -0.39 is 12.1 Å². The van der Waals surface area contributed by atoms with E-state index in [0.29, 0.717) is 45.5 Å². The molecule has 0 aromatic rings. The van der Waals surface area contributed by atoms with Crippen LogP contribution in [0.1, 0.15) is 32.6 Å². The van der Waals surface area contributed by atoms with Crippen molar-refractivity contribution >= 4 is 11.9 Å². The molecule has 2 saturated heterocycles. The number of esters is 1. The summed E-state index contributed by atoms with van der Waals surface area (Å²) >= 11 is 0. The molecule has 2 fully saturated rings. The number of carbonyl (C=O) groups excluding carboxylic acids is 2. The van der Waals surface area contributed by atoms with Crippen molar-refractivity contribution < 1.29 is 27.5 Å². The van der Waals surface area contributed by atoms with Gasteiger partial charge in [0.15, 0.2) is 0 Å². The van der Waals surface area contributed by atoms with Crippen LogP contribution in [-0.2, 0) is 14.3 Å². The average molecular weight is 350 g/mol. The first kappa shape index (κ1) is 19.0. The maximum atomic E-state index is 12.8. The van der Waals surface area contributed by atoms with Gasteiger partial charge in [0.1, 0.15) is 0 Å². The Bertz CT molecular complexity index is 448. The zero-order valence-corrected chi connectivity index (χ0v) is 14.0. The van der Waals surface area contributed by atoms with E-state index in [0.717, 1.165) is 0 Å². The lowest BCUT2D eigenvalue weighted by Gasteiger charge is -2.36. The fourth-order valence-corrected chi connectivity index (χ4v) is 3.35. The number of rotatable bonds is 4. The molecule has 5 nitrogen and oxygen atoms in total. The van der Waals surface area contributed by atoms with Crippen molar-refractivity contribution in [2.75, 3.05) is 39.3 Å². The van der Waals surface area contributed by atoms with Gasteiger partial charge in [-0.3, -0.25) is 14.5 Å². The summed E-state index contributed by atoms with van der Waals surface area (Å²) in [5, 5.41) is 0. The molecular formula is C16H25F3N2O3. The van der Waals surface area contributed by atoms with Crippen LogP contribution in [0.3, 0.4) is 0 Å². The van der Waals surface area contributed by atoms with Gasteiger partial charge in [-0.15, -0.1) is 0 Å². The minimum atomic E-state index is -4.24. The molecule has 0 bridgehead atoms. The molecule has 1 atom stereocenters. The highest BCUT2D eigenvalue weighted by Crippen LogP contribution is 2.33. The molecule has 2 aliphatic rings. The molecule has 24 heavy (non-hydrogen) atoms. The largest absolute Gasteiger partial charge is 0.466 e. The lowest BCUT2D eigenvalue weighted by Crippen LogP contribution is -2.49. The van der Waals surface area contributed by atoms with Crippen molar-refractivity contribution in [1.29, 1.82) is 0 Å². The Kier molecular flexibility index (Phi) is 6.48. The predicted molar refractivity (Wildman–Crippen MR) is 81.2 cm³/mol. The zero-order chi connectivity index (χ0) is 17.7. The highest BCUT2D eigenvalue weighted by molar-refractivity contribution is 5.78. The second-order valence-electron chi connectivity index (χ2n) is 6.52. The number of alkyl halides is 3. The van der Waals surface area contributed by atoms with Gasteiger partial charge < -0.3 is 9.64 Å².